The molecule has 1 atom stereocenters. The first-order chi connectivity index (χ1) is 6.24. The fourth-order valence-corrected chi connectivity index (χ4v) is 1.13. The average molecular weight is 178 g/mol. The molecule has 1 heterocycles. The van der Waals surface area contributed by atoms with Crippen molar-refractivity contribution in [3.05, 3.63) is 18.0 Å². The Morgan fingerprint density at radius 3 is 3.08 bits per heavy atom. The Bertz CT molecular complexity index is 297. The van der Waals surface area contributed by atoms with Crippen molar-refractivity contribution in [2.45, 2.75) is 19.4 Å². The lowest BCUT2D eigenvalue weighted by Crippen LogP contribution is -2.19. The Morgan fingerprint density at radius 1 is 1.77 bits per heavy atom. The second-order valence-electron chi connectivity index (χ2n) is 3.03. The van der Waals surface area contributed by atoms with Crippen LogP contribution >= 0.6 is 0 Å². The zero-order valence-corrected chi connectivity index (χ0v) is 7.99. The van der Waals surface area contributed by atoms with Gasteiger partial charge in [0, 0.05) is 37.8 Å². The number of aryl methyl sites for hydroxylation is 1. The highest BCUT2D eigenvalue weighted by Gasteiger charge is 2.05. The van der Waals surface area contributed by atoms with E-state index in [1.165, 1.54) is 0 Å². The van der Waals surface area contributed by atoms with Crippen molar-refractivity contribution in [3.8, 4) is 6.07 Å². The second-order valence-corrected chi connectivity index (χ2v) is 3.03. The van der Waals surface area contributed by atoms with E-state index in [4.69, 9.17) is 5.26 Å². The normalized spacial score (nSPS) is 12.4. The summed E-state index contributed by atoms with van der Waals surface area (Å²) in [6, 6.07) is 2.36. The van der Waals surface area contributed by atoms with E-state index in [2.05, 4.69) is 23.4 Å². The minimum atomic E-state index is 0.266. The molecule has 0 spiro atoms. The zero-order chi connectivity index (χ0) is 9.68. The highest BCUT2D eigenvalue weighted by Crippen LogP contribution is 2.09. The minimum absolute atomic E-state index is 0.266. The van der Waals surface area contributed by atoms with Crippen LogP contribution < -0.4 is 5.32 Å². The summed E-state index contributed by atoms with van der Waals surface area (Å²) in [7, 11) is 1.89. The molecule has 1 N–H and O–H groups in total. The van der Waals surface area contributed by atoms with Gasteiger partial charge in [-0.25, -0.2) is 0 Å². The van der Waals surface area contributed by atoms with E-state index >= 15 is 0 Å². The summed E-state index contributed by atoms with van der Waals surface area (Å²) in [5.41, 5.74) is 1.15. The van der Waals surface area contributed by atoms with E-state index in [0.717, 1.165) is 12.1 Å². The van der Waals surface area contributed by atoms with Gasteiger partial charge in [-0.1, -0.05) is 0 Å². The quantitative estimate of drug-likeness (QED) is 0.699. The first-order valence-corrected chi connectivity index (χ1v) is 4.33. The Hall–Kier alpha value is -1.34. The van der Waals surface area contributed by atoms with Gasteiger partial charge in [0.1, 0.15) is 0 Å². The molecule has 0 aliphatic carbocycles. The predicted molar refractivity (Wildman–Crippen MR) is 49.9 cm³/mol. The molecular weight excluding hydrogens is 164 g/mol. The van der Waals surface area contributed by atoms with Crippen LogP contribution in [-0.4, -0.2) is 16.3 Å². The number of hydrogen-bond donors (Lipinski definition) is 1. The van der Waals surface area contributed by atoms with Crippen LogP contribution in [0.25, 0.3) is 0 Å². The summed E-state index contributed by atoms with van der Waals surface area (Å²) >= 11 is 0. The van der Waals surface area contributed by atoms with Gasteiger partial charge in [-0.3, -0.25) is 4.68 Å². The van der Waals surface area contributed by atoms with Gasteiger partial charge in [0.15, 0.2) is 0 Å². The summed E-state index contributed by atoms with van der Waals surface area (Å²) in [5.74, 6) is 0. The standard InChI is InChI=1S/C9H14N4/c1-8(11-5-3-4-10)9-6-12-13(2)7-9/h6-8,11H,3,5H2,1-2H3. The molecule has 0 fully saturated rings. The monoisotopic (exact) mass is 178 g/mol. The Kier molecular flexibility index (Phi) is 3.47. The van der Waals surface area contributed by atoms with Crippen molar-refractivity contribution < 1.29 is 0 Å². The van der Waals surface area contributed by atoms with Crippen molar-refractivity contribution >= 4 is 0 Å². The summed E-state index contributed by atoms with van der Waals surface area (Å²) < 4.78 is 1.78. The molecule has 0 saturated carbocycles. The van der Waals surface area contributed by atoms with Gasteiger partial charge >= 0.3 is 0 Å². The molecule has 13 heavy (non-hydrogen) atoms. The molecule has 1 aromatic rings. The molecule has 70 valence electrons. The molecule has 1 aromatic heterocycles. The van der Waals surface area contributed by atoms with Crippen molar-refractivity contribution in [2.75, 3.05) is 6.54 Å². The molecule has 4 heteroatoms. The number of nitriles is 1. The van der Waals surface area contributed by atoms with Crippen LogP contribution in [0.1, 0.15) is 24.9 Å². The third kappa shape index (κ3) is 2.88. The van der Waals surface area contributed by atoms with Gasteiger partial charge in [-0.05, 0) is 6.92 Å². The number of nitrogens with one attached hydrogen (secondary N) is 1. The smallest absolute Gasteiger partial charge is 0.0635 e. The maximum Gasteiger partial charge on any atom is 0.0635 e. The number of aromatic nitrogens is 2. The molecular formula is C9H14N4. The van der Waals surface area contributed by atoms with E-state index in [9.17, 15) is 0 Å². The highest BCUT2D eigenvalue weighted by molar-refractivity contribution is 5.08. The van der Waals surface area contributed by atoms with Crippen LogP contribution in [0.3, 0.4) is 0 Å². The fourth-order valence-electron chi connectivity index (χ4n) is 1.13. The van der Waals surface area contributed by atoms with Crippen LogP contribution in [0.4, 0.5) is 0 Å². The minimum Gasteiger partial charge on any atom is -0.309 e. The maximum absolute atomic E-state index is 8.35. The van der Waals surface area contributed by atoms with Gasteiger partial charge in [-0.15, -0.1) is 0 Å². The van der Waals surface area contributed by atoms with Crippen molar-refractivity contribution in [2.24, 2.45) is 7.05 Å². The fraction of sp³-hybridized carbons (Fsp3) is 0.556. The van der Waals surface area contributed by atoms with Crippen molar-refractivity contribution in [1.29, 1.82) is 5.26 Å². The van der Waals surface area contributed by atoms with Crippen molar-refractivity contribution in [3.63, 3.8) is 0 Å². The molecule has 0 radical (unpaired) electrons. The number of hydrogen-bond acceptors (Lipinski definition) is 3. The first-order valence-electron chi connectivity index (χ1n) is 4.33. The molecule has 0 amide bonds. The largest absolute Gasteiger partial charge is 0.309 e. The van der Waals surface area contributed by atoms with Crippen LogP contribution in [0, 0.1) is 11.3 Å². The zero-order valence-electron chi connectivity index (χ0n) is 7.99. The van der Waals surface area contributed by atoms with Crippen LogP contribution in [0.2, 0.25) is 0 Å². The van der Waals surface area contributed by atoms with Crippen LogP contribution in [-0.2, 0) is 7.05 Å². The van der Waals surface area contributed by atoms with Crippen LogP contribution in [0.5, 0.6) is 0 Å². The molecule has 4 nitrogen and oxygen atoms in total. The average Bonchev–Trinajstić information content (AvgIpc) is 2.52. The highest BCUT2D eigenvalue weighted by atomic mass is 15.2. The maximum atomic E-state index is 8.35. The molecule has 0 aliphatic heterocycles. The lowest BCUT2D eigenvalue weighted by atomic mass is 10.2. The third-order valence-corrected chi connectivity index (χ3v) is 1.91. The van der Waals surface area contributed by atoms with E-state index in [-0.39, 0.29) is 6.04 Å². The second kappa shape index (κ2) is 4.63. The molecule has 0 saturated heterocycles. The van der Waals surface area contributed by atoms with Gasteiger partial charge in [0.25, 0.3) is 0 Å². The van der Waals surface area contributed by atoms with Crippen molar-refractivity contribution in [1.82, 2.24) is 15.1 Å². The molecule has 0 aromatic carbocycles. The van der Waals surface area contributed by atoms with Gasteiger partial charge in [0.2, 0.25) is 0 Å². The Labute approximate surface area is 78.2 Å². The summed E-state index contributed by atoms with van der Waals surface area (Å²) in [5, 5.41) is 15.7. The van der Waals surface area contributed by atoms with Gasteiger partial charge in [0.05, 0.1) is 12.3 Å². The molecule has 0 bridgehead atoms. The predicted octanol–water partition coefficient (Wildman–Crippen LogP) is 0.984. The topological polar surface area (TPSA) is 53.6 Å². The van der Waals surface area contributed by atoms with E-state index in [1.54, 1.807) is 4.68 Å². The van der Waals surface area contributed by atoms with E-state index in [0.29, 0.717) is 6.42 Å². The Balaban J connectivity index is 2.40. The first kappa shape index (κ1) is 9.75. The number of nitrogens with zero attached hydrogens (tertiary/aromatic N) is 3. The Morgan fingerprint density at radius 2 is 2.54 bits per heavy atom. The summed E-state index contributed by atoms with van der Waals surface area (Å²) in [6.45, 7) is 2.79. The van der Waals surface area contributed by atoms with E-state index in [1.807, 2.05) is 19.4 Å². The SMILES string of the molecule is CC(NCCC#N)c1cnn(C)c1. The van der Waals surface area contributed by atoms with Gasteiger partial charge in [-0.2, -0.15) is 10.4 Å². The summed E-state index contributed by atoms with van der Waals surface area (Å²) in [6.07, 6.45) is 4.36. The van der Waals surface area contributed by atoms with Crippen LogP contribution in [0.15, 0.2) is 12.4 Å². The molecule has 0 aliphatic rings. The third-order valence-electron chi connectivity index (χ3n) is 1.91. The summed E-state index contributed by atoms with van der Waals surface area (Å²) in [4.78, 5) is 0. The molecule has 1 rings (SSSR count). The lowest BCUT2D eigenvalue weighted by molar-refractivity contribution is 0.582. The lowest BCUT2D eigenvalue weighted by Gasteiger charge is -2.09. The van der Waals surface area contributed by atoms with E-state index < -0.39 is 0 Å². The molecule has 1 unspecified atom stereocenters. The number of rotatable bonds is 4. The van der Waals surface area contributed by atoms with Gasteiger partial charge < -0.3 is 5.32 Å².